The van der Waals surface area contributed by atoms with Gasteiger partial charge in [-0.2, -0.15) is 0 Å². The summed E-state index contributed by atoms with van der Waals surface area (Å²) in [5, 5.41) is 22.7. The maximum absolute atomic E-state index is 11.7. The molecule has 0 aliphatic rings. The molecule has 0 aliphatic carbocycles. The molecule has 2 atom stereocenters. The highest BCUT2D eigenvalue weighted by molar-refractivity contribution is 5.52. The quantitative estimate of drug-likeness (QED) is 0.513. The summed E-state index contributed by atoms with van der Waals surface area (Å²) >= 11 is 0. The van der Waals surface area contributed by atoms with Crippen molar-refractivity contribution in [1.29, 1.82) is 0 Å². The molecule has 0 fully saturated rings. The maximum atomic E-state index is 11.7. The summed E-state index contributed by atoms with van der Waals surface area (Å²) in [5.74, 6) is -0.0986. The van der Waals surface area contributed by atoms with Crippen molar-refractivity contribution in [2.24, 2.45) is 0 Å². The molecule has 0 radical (unpaired) electrons. The van der Waals surface area contributed by atoms with Gasteiger partial charge in [-0.1, -0.05) is 83.5 Å². The normalized spacial score (nSPS) is 14.6. The predicted octanol–water partition coefficient (Wildman–Crippen LogP) is 6.09. The van der Waals surface area contributed by atoms with Crippen molar-refractivity contribution < 1.29 is 10.0 Å². The minimum atomic E-state index is -0.784. The highest BCUT2D eigenvalue weighted by Crippen LogP contribution is 2.43. The Balaban J connectivity index is 2.82. The van der Waals surface area contributed by atoms with Crippen LogP contribution in [0.4, 0.5) is 0 Å². The number of phenols is 1. The van der Waals surface area contributed by atoms with Crippen LogP contribution in [0, 0.1) is 17.0 Å². The molecule has 152 valence electrons. The Hall–Kier alpha value is -2.36. The smallest absolute Gasteiger partial charge is 0.221 e. The van der Waals surface area contributed by atoms with Crippen LogP contribution in [-0.4, -0.2) is 16.1 Å². The van der Waals surface area contributed by atoms with Gasteiger partial charge >= 0.3 is 0 Å². The van der Waals surface area contributed by atoms with Gasteiger partial charge in [-0.05, 0) is 40.0 Å². The average Bonchev–Trinajstić information content (AvgIpc) is 2.55. The van der Waals surface area contributed by atoms with E-state index in [1.54, 1.807) is 6.92 Å². The first kappa shape index (κ1) is 21.9. The molecule has 1 N–H and O–H groups in total. The second-order valence-corrected chi connectivity index (χ2v) is 9.88. The largest absolute Gasteiger partial charge is 0.507 e. The Morgan fingerprint density at radius 2 is 1.32 bits per heavy atom. The summed E-state index contributed by atoms with van der Waals surface area (Å²) in [5.41, 5.74) is 3.99. The van der Waals surface area contributed by atoms with Crippen molar-refractivity contribution in [2.45, 2.75) is 78.2 Å². The van der Waals surface area contributed by atoms with E-state index in [2.05, 4.69) is 41.5 Å². The standard InChI is InChI=1S/C24H33NO3/c1-15-9-11-17(12-10-15)21(16(2)25(27)28)18-13-19(23(3,4)5)22(26)20(14-18)24(6,7)8/h9-14,16,21,26H,1-8H3. The molecule has 0 amide bonds. The molecule has 28 heavy (non-hydrogen) atoms. The van der Waals surface area contributed by atoms with Gasteiger partial charge in [0.25, 0.3) is 0 Å². The third-order valence-electron chi connectivity index (χ3n) is 5.36. The van der Waals surface area contributed by atoms with Crippen molar-refractivity contribution in [3.8, 4) is 5.75 Å². The minimum absolute atomic E-state index is 0.217. The molecule has 4 nitrogen and oxygen atoms in total. The van der Waals surface area contributed by atoms with Gasteiger partial charge in [0.1, 0.15) is 5.75 Å². The molecule has 0 saturated carbocycles. The van der Waals surface area contributed by atoms with Gasteiger partial charge in [0, 0.05) is 11.8 Å². The summed E-state index contributed by atoms with van der Waals surface area (Å²) < 4.78 is 0. The molecular weight excluding hydrogens is 350 g/mol. The second kappa shape index (κ2) is 7.57. The van der Waals surface area contributed by atoms with E-state index < -0.39 is 12.0 Å². The summed E-state index contributed by atoms with van der Waals surface area (Å²) in [6, 6.07) is 11.0. The summed E-state index contributed by atoms with van der Waals surface area (Å²) in [6.07, 6.45) is 0. The van der Waals surface area contributed by atoms with Crippen LogP contribution in [-0.2, 0) is 10.8 Å². The maximum Gasteiger partial charge on any atom is 0.221 e. The molecule has 0 bridgehead atoms. The zero-order chi connectivity index (χ0) is 21.4. The second-order valence-electron chi connectivity index (χ2n) is 9.88. The minimum Gasteiger partial charge on any atom is -0.507 e. The number of aryl methyl sites for hydroxylation is 1. The molecule has 2 unspecified atom stereocenters. The number of nitro groups is 1. The Morgan fingerprint density at radius 3 is 1.68 bits per heavy atom. The number of nitrogens with zero attached hydrogens (tertiary/aromatic N) is 1. The van der Waals surface area contributed by atoms with Crippen LogP contribution in [0.2, 0.25) is 0 Å². The monoisotopic (exact) mass is 383 g/mol. The van der Waals surface area contributed by atoms with Gasteiger partial charge in [0.2, 0.25) is 6.04 Å². The lowest BCUT2D eigenvalue weighted by Crippen LogP contribution is -2.26. The number of aromatic hydroxyl groups is 1. The fraction of sp³-hybridized carbons (Fsp3) is 0.500. The lowest BCUT2D eigenvalue weighted by atomic mass is 9.75. The molecule has 0 saturated heterocycles. The number of rotatable bonds is 4. The van der Waals surface area contributed by atoms with E-state index in [9.17, 15) is 15.2 Å². The van der Waals surface area contributed by atoms with Crippen molar-refractivity contribution in [3.63, 3.8) is 0 Å². The first-order valence-corrected chi connectivity index (χ1v) is 9.81. The number of hydrogen-bond acceptors (Lipinski definition) is 3. The van der Waals surface area contributed by atoms with E-state index in [1.165, 1.54) is 0 Å². The van der Waals surface area contributed by atoms with E-state index in [1.807, 2.05) is 43.3 Å². The van der Waals surface area contributed by atoms with Gasteiger partial charge in [-0.25, -0.2) is 0 Å². The number of phenolic OH excluding ortho intramolecular Hbond substituents is 1. The zero-order valence-electron chi connectivity index (χ0n) is 18.3. The van der Waals surface area contributed by atoms with E-state index >= 15 is 0 Å². The lowest BCUT2D eigenvalue weighted by molar-refractivity contribution is -0.520. The summed E-state index contributed by atoms with van der Waals surface area (Å²) in [6.45, 7) is 16.0. The molecule has 0 aliphatic heterocycles. The summed E-state index contributed by atoms with van der Waals surface area (Å²) in [4.78, 5) is 11.5. The highest BCUT2D eigenvalue weighted by Gasteiger charge is 2.34. The molecule has 2 aromatic rings. The Morgan fingerprint density at radius 1 is 0.893 bits per heavy atom. The van der Waals surface area contributed by atoms with Crippen LogP contribution in [0.1, 0.15) is 82.2 Å². The van der Waals surface area contributed by atoms with E-state index in [0.29, 0.717) is 5.75 Å². The van der Waals surface area contributed by atoms with E-state index in [-0.39, 0.29) is 15.8 Å². The highest BCUT2D eigenvalue weighted by atomic mass is 16.6. The van der Waals surface area contributed by atoms with Crippen molar-refractivity contribution >= 4 is 0 Å². The molecule has 0 heterocycles. The third-order valence-corrected chi connectivity index (χ3v) is 5.36. The van der Waals surface area contributed by atoms with E-state index in [4.69, 9.17) is 0 Å². The molecule has 4 heteroatoms. The van der Waals surface area contributed by atoms with Crippen LogP contribution in [0.3, 0.4) is 0 Å². The van der Waals surface area contributed by atoms with Crippen molar-refractivity contribution in [2.75, 3.05) is 0 Å². The van der Waals surface area contributed by atoms with Crippen LogP contribution in [0.25, 0.3) is 0 Å². The Labute approximate surface area is 168 Å². The molecule has 2 aromatic carbocycles. The summed E-state index contributed by atoms with van der Waals surface area (Å²) in [7, 11) is 0. The van der Waals surface area contributed by atoms with Gasteiger partial charge < -0.3 is 5.11 Å². The van der Waals surface area contributed by atoms with Crippen LogP contribution >= 0.6 is 0 Å². The number of benzene rings is 2. The average molecular weight is 384 g/mol. The topological polar surface area (TPSA) is 63.4 Å². The Kier molecular flexibility index (Phi) is 5.93. The third kappa shape index (κ3) is 4.54. The van der Waals surface area contributed by atoms with Gasteiger partial charge in [-0.15, -0.1) is 0 Å². The van der Waals surface area contributed by atoms with Crippen LogP contribution in [0.5, 0.6) is 5.75 Å². The Bertz CT molecular complexity index is 820. The van der Waals surface area contributed by atoms with E-state index in [0.717, 1.165) is 27.8 Å². The molecular formula is C24H33NO3. The lowest BCUT2D eigenvalue weighted by Gasteiger charge is -2.30. The van der Waals surface area contributed by atoms with Crippen molar-refractivity contribution in [1.82, 2.24) is 0 Å². The molecule has 2 rings (SSSR count). The first-order valence-electron chi connectivity index (χ1n) is 9.81. The van der Waals surface area contributed by atoms with Crippen molar-refractivity contribution in [3.05, 3.63) is 74.3 Å². The SMILES string of the molecule is Cc1ccc(C(c2cc(C(C)(C)C)c(O)c(C(C)(C)C)c2)C(C)[N+](=O)[O-])cc1. The zero-order valence-corrected chi connectivity index (χ0v) is 18.3. The number of hydrogen-bond donors (Lipinski definition) is 1. The van der Waals surface area contributed by atoms with Gasteiger partial charge in [0.05, 0.1) is 5.92 Å². The fourth-order valence-electron chi connectivity index (χ4n) is 3.62. The first-order chi connectivity index (χ1) is 12.7. The molecule has 0 aromatic heterocycles. The predicted molar refractivity (Wildman–Crippen MR) is 115 cm³/mol. The fourth-order valence-corrected chi connectivity index (χ4v) is 3.62. The van der Waals surface area contributed by atoms with Gasteiger partial charge in [0.15, 0.2) is 0 Å². The molecule has 0 spiro atoms. The van der Waals surface area contributed by atoms with Crippen LogP contribution < -0.4 is 0 Å². The van der Waals surface area contributed by atoms with Gasteiger partial charge in [-0.3, -0.25) is 10.1 Å². The van der Waals surface area contributed by atoms with Crippen LogP contribution in [0.15, 0.2) is 36.4 Å².